The van der Waals surface area contributed by atoms with E-state index in [1.165, 1.54) is 15.8 Å². The summed E-state index contributed by atoms with van der Waals surface area (Å²) in [5, 5.41) is 18.9. The highest BCUT2D eigenvalue weighted by Crippen LogP contribution is 2.31. The number of aryl methyl sites for hydroxylation is 1. The first-order valence-corrected chi connectivity index (χ1v) is 12.1. The molecule has 1 fully saturated rings. The van der Waals surface area contributed by atoms with Gasteiger partial charge in [0.25, 0.3) is 5.91 Å². The lowest BCUT2D eigenvalue weighted by Crippen LogP contribution is -2.52. The first-order valence-electron chi connectivity index (χ1n) is 12.1. The van der Waals surface area contributed by atoms with Gasteiger partial charge in [-0.25, -0.2) is 28.3 Å². The van der Waals surface area contributed by atoms with E-state index in [1.54, 1.807) is 31.0 Å². The van der Waals surface area contributed by atoms with Gasteiger partial charge in [0.1, 0.15) is 5.82 Å². The van der Waals surface area contributed by atoms with Gasteiger partial charge in [-0.15, -0.1) is 0 Å². The Morgan fingerprint density at radius 1 is 1.13 bits per heavy atom. The number of nitrogens with two attached hydrogens (primary N) is 1. The number of anilines is 1. The van der Waals surface area contributed by atoms with Crippen molar-refractivity contribution < 1.29 is 18.4 Å². The fraction of sp³-hybridized carbons (Fsp3) is 0.320. The first-order chi connectivity index (χ1) is 18.7. The van der Waals surface area contributed by atoms with E-state index in [9.17, 15) is 23.6 Å². The number of hydrogen-bond donors (Lipinski definition) is 1. The summed E-state index contributed by atoms with van der Waals surface area (Å²) in [7, 11) is 0. The summed E-state index contributed by atoms with van der Waals surface area (Å²) in [6.07, 6.45) is 3.02. The van der Waals surface area contributed by atoms with Crippen molar-refractivity contribution in [1.82, 2.24) is 29.7 Å². The molecule has 200 valence electrons. The zero-order valence-electron chi connectivity index (χ0n) is 21.2. The van der Waals surface area contributed by atoms with Gasteiger partial charge < -0.3 is 15.5 Å². The summed E-state index contributed by atoms with van der Waals surface area (Å²) in [6, 6.07) is 5.05. The summed E-state index contributed by atoms with van der Waals surface area (Å²) >= 11 is 0. The van der Waals surface area contributed by atoms with Crippen LogP contribution in [0, 0.1) is 36.8 Å². The normalized spacial score (nSPS) is 17.0. The average Bonchev–Trinajstić information content (AvgIpc) is 3.52. The third-order valence-corrected chi connectivity index (χ3v) is 6.74. The van der Waals surface area contributed by atoms with Crippen molar-refractivity contribution in [2.45, 2.75) is 26.3 Å². The number of primary amides is 1. The summed E-state index contributed by atoms with van der Waals surface area (Å²) in [5.41, 5.74) is 7.02. The Morgan fingerprint density at radius 3 is 2.54 bits per heavy atom. The van der Waals surface area contributed by atoms with E-state index in [0.717, 1.165) is 12.3 Å². The number of nitrogens with zero attached hydrogens (tertiary/aromatic N) is 9. The molecule has 1 saturated heterocycles. The SMILES string of the molecule is Cc1nn(-c2nc(N3CCN(C(=O)N4N=CC[C@H]4c4cc(F)cc(C#N)c4)CC3)ncc2F)c(C)c1C(N)=O. The molecule has 0 saturated carbocycles. The Morgan fingerprint density at radius 2 is 1.87 bits per heavy atom. The van der Waals surface area contributed by atoms with Crippen molar-refractivity contribution in [3.05, 3.63) is 64.1 Å². The molecule has 14 heteroatoms. The first kappa shape index (κ1) is 25.7. The Labute approximate surface area is 221 Å². The molecule has 5 rings (SSSR count). The van der Waals surface area contributed by atoms with Crippen LogP contribution in [0.3, 0.4) is 0 Å². The lowest BCUT2D eigenvalue weighted by atomic mass is 10.0. The second-order valence-corrected chi connectivity index (χ2v) is 9.20. The summed E-state index contributed by atoms with van der Waals surface area (Å²) in [6.45, 7) is 4.55. The van der Waals surface area contributed by atoms with E-state index < -0.39 is 23.6 Å². The van der Waals surface area contributed by atoms with Gasteiger partial charge in [0, 0.05) is 38.8 Å². The molecule has 1 atom stereocenters. The van der Waals surface area contributed by atoms with Crippen molar-refractivity contribution in [2.24, 2.45) is 10.8 Å². The second-order valence-electron chi connectivity index (χ2n) is 9.20. The van der Waals surface area contributed by atoms with Crippen LogP contribution in [-0.2, 0) is 0 Å². The molecule has 0 bridgehead atoms. The molecule has 0 unspecified atom stereocenters. The minimum absolute atomic E-state index is 0.118. The number of carbonyl (C=O) groups excluding carboxylic acids is 2. The maximum absolute atomic E-state index is 14.7. The van der Waals surface area contributed by atoms with Gasteiger partial charge in [0.2, 0.25) is 5.95 Å². The lowest BCUT2D eigenvalue weighted by Gasteiger charge is -2.37. The number of halogens is 2. The molecule has 4 heterocycles. The summed E-state index contributed by atoms with van der Waals surface area (Å²) < 4.78 is 30.0. The summed E-state index contributed by atoms with van der Waals surface area (Å²) in [5.74, 6) is -1.81. The zero-order valence-corrected chi connectivity index (χ0v) is 21.2. The van der Waals surface area contributed by atoms with Gasteiger partial charge in [0.05, 0.1) is 40.8 Å². The average molecular weight is 535 g/mol. The van der Waals surface area contributed by atoms with Gasteiger partial charge in [-0.05, 0) is 37.6 Å². The maximum atomic E-state index is 14.7. The van der Waals surface area contributed by atoms with E-state index >= 15 is 0 Å². The van der Waals surface area contributed by atoms with Crippen molar-refractivity contribution in [3.8, 4) is 11.9 Å². The number of piperazine rings is 1. The van der Waals surface area contributed by atoms with Crippen LogP contribution in [0.2, 0.25) is 0 Å². The van der Waals surface area contributed by atoms with E-state index in [4.69, 9.17) is 5.73 Å². The van der Waals surface area contributed by atoms with Gasteiger partial charge in [-0.2, -0.15) is 20.4 Å². The quantitative estimate of drug-likeness (QED) is 0.539. The van der Waals surface area contributed by atoms with E-state index in [-0.39, 0.29) is 28.9 Å². The number of nitriles is 1. The second kappa shape index (κ2) is 10.1. The molecule has 0 spiro atoms. The van der Waals surface area contributed by atoms with Crippen LogP contribution >= 0.6 is 0 Å². The van der Waals surface area contributed by atoms with Crippen molar-refractivity contribution in [3.63, 3.8) is 0 Å². The lowest BCUT2D eigenvalue weighted by molar-refractivity contribution is 0.0999. The number of aromatic nitrogens is 4. The molecule has 1 aromatic carbocycles. The van der Waals surface area contributed by atoms with E-state index in [0.29, 0.717) is 49.6 Å². The van der Waals surface area contributed by atoms with E-state index in [2.05, 4.69) is 20.2 Å². The Kier molecular flexibility index (Phi) is 6.65. The smallest absolute Gasteiger partial charge is 0.341 e. The van der Waals surface area contributed by atoms with Crippen LogP contribution in [0.15, 0.2) is 29.5 Å². The number of hydrogen-bond acceptors (Lipinski definition) is 8. The minimum Gasteiger partial charge on any atom is -0.365 e. The van der Waals surface area contributed by atoms with Crippen LogP contribution in [0.25, 0.3) is 5.82 Å². The third-order valence-electron chi connectivity index (χ3n) is 6.74. The molecule has 3 amide bonds. The molecular weight excluding hydrogens is 510 g/mol. The molecule has 3 aromatic rings. The zero-order chi connectivity index (χ0) is 27.8. The molecule has 0 aliphatic carbocycles. The highest BCUT2D eigenvalue weighted by molar-refractivity contribution is 5.95. The third kappa shape index (κ3) is 4.74. The Hall–Kier alpha value is -4.93. The molecule has 2 aromatic heterocycles. The van der Waals surface area contributed by atoms with Gasteiger partial charge in [-0.1, -0.05) is 0 Å². The topological polar surface area (TPSA) is 150 Å². The summed E-state index contributed by atoms with van der Waals surface area (Å²) in [4.78, 5) is 37.0. The number of hydrazone groups is 1. The highest BCUT2D eigenvalue weighted by atomic mass is 19.1. The predicted octanol–water partition coefficient (Wildman–Crippen LogP) is 2.20. The largest absolute Gasteiger partial charge is 0.365 e. The minimum atomic E-state index is -0.718. The van der Waals surface area contributed by atoms with Crippen LogP contribution in [0.5, 0.6) is 0 Å². The van der Waals surface area contributed by atoms with Crippen LogP contribution in [0.1, 0.15) is 45.3 Å². The molecule has 2 aliphatic heterocycles. The molecular formula is C25H24F2N10O2. The molecule has 0 radical (unpaired) electrons. The maximum Gasteiger partial charge on any atom is 0.341 e. The van der Waals surface area contributed by atoms with Crippen LogP contribution < -0.4 is 10.6 Å². The van der Waals surface area contributed by atoms with Gasteiger partial charge >= 0.3 is 6.03 Å². The fourth-order valence-electron chi connectivity index (χ4n) is 4.84. The Bertz CT molecular complexity index is 1540. The molecule has 2 N–H and O–H groups in total. The molecule has 12 nitrogen and oxygen atoms in total. The number of rotatable bonds is 4. The van der Waals surface area contributed by atoms with Crippen LogP contribution in [-0.4, -0.2) is 74.0 Å². The standard InChI is InChI=1S/C25H24F2N10O2/c1-14-21(22(29)38)15(2)36(33-14)23-19(27)13-30-24(32-23)34-5-7-35(8-6-34)25(39)37-20(3-4-31-37)17-9-16(12-28)10-18(26)11-17/h4,9-11,13,20H,3,5-8H2,1-2H3,(H2,29,38)/t20-/m0/s1. The van der Waals surface area contributed by atoms with Gasteiger partial charge in [-0.3, -0.25) is 4.79 Å². The molecule has 39 heavy (non-hydrogen) atoms. The number of amides is 3. The Balaban J connectivity index is 1.30. The fourth-order valence-corrected chi connectivity index (χ4v) is 4.84. The molecule has 2 aliphatic rings. The van der Waals surface area contributed by atoms with Crippen molar-refractivity contribution in [1.29, 1.82) is 5.26 Å². The number of benzene rings is 1. The predicted molar refractivity (Wildman–Crippen MR) is 135 cm³/mol. The van der Waals surface area contributed by atoms with Crippen LogP contribution in [0.4, 0.5) is 19.5 Å². The monoisotopic (exact) mass is 534 g/mol. The van der Waals surface area contributed by atoms with Crippen molar-refractivity contribution >= 4 is 24.1 Å². The number of urea groups is 1. The highest BCUT2D eigenvalue weighted by Gasteiger charge is 2.34. The van der Waals surface area contributed by atoms with E-state index in [1.807, 2.05) is 11.0 Å². The number of carbonyl (C=O) groups is 2. The van der Waals surface area contributed by atoms with Gasteiger partial charge in [0.15, 0.2) is 11.6 Å². The van der Waals surface area contributed by atoms with Crippen molar-refractivity contribution in [2.75, 3.05) is 31.1 Å².